The minimum Gasteiger partial charge on any atom is -0.492 e. The van der Waals surface area contributed by atoms with Crippen molar-refractivity contribution in [3.05, 3.63) is 29.8 Å². The van der Waals surface area contributed by atoms with Crippen LogP contribution in [0.5, 0.6) is 5.75 Å². The maximum Gasteiger partial charge on any atom is 0.315 e. The van der Waals surface area contributed by atoms with E-state index in [1.807, 2.05) is 24.3 Å². The largest absolute Gasteiger partial charge is 0.492 e. The van der Waals surface area contributed by atoms with Crippen molar-refractivity contribution in [2.75, 3.05) is 32.8 Å². The standard InChI is InChI=1S/C20H24N2O5/c23-17-8-2-1-5-9-21(17)11-18(24)22-10-15-14-6-3-4-7-16(14)27-13-20(15,12-22)19(25)26/h3-4,6-7,15H,1-2,5,8-13H2,(H,25,26)/t15-,20-/m1/s1. The molecule has 2 fully saturated rings. The minimum atomic E-state index is -1.13. The van der Waals surface area contributed by atoms with Gasteiger partial charge in [0.15, 0.2) is 0 Å². The topological polar surface area (TPSA) is 87.2 Å². The molecular formula is C20H24N2O5. The van der Waals surface area contributed by atoms with Gasteiger partial charge in [0, 0.05) is 37.5 Å². The Morgan fingerprint density at radius 1 is 1.22 bits per heavy atom. The molecule has 0 spiro atoms. The number of para-hydroxylation sites is 1. The first-order valence-corrected chi connectivity index (χ1v) is 9.52. The van der Waals surface area contributed by atoms with Crippen molar-refractivity contribution in [3.8, 4) is 5.75 Å². The summed E-state index contributed by atoms with van der Waals surface area (Å²) in [6.45, 7) is 1.13. The maximum absolute atomic E-state index is 12.9. The molecule has 2 amide bonds. The molecule has 0 unspecified atom stereocenters. The second-order valence-corrected chi connectivity index (χ2v) is 7.74. The summed E-state index contributed by atoms with van der Waals surface area (Å²) in [5, 5.41) is 9.94. The lowest BCUT2D eigenvalue weighted by Crippen LogP contribution is -2.47. The number of hydrogen-bond acceptors (Lipinski definition) is 4. The summed E-state index contributed by atoms with van der Waals surface area (Å²) in [6, 6.07) is 7.43. The van der Waals surface area contributed by atoms with E-state index in [4.69, 9.17) is 4.74 Å². The van der Waals surface area contributed by atoms with Gasteiger partial charge in [-0.3, -0.25) is 14.4 Å². The number of hydrogen-bond donors (Lipinski definition) is 1. The molecule has 1 aromatic carbocycles. The highest BCUT2D eigenvalue weighted by molar-refractivity contribution is 5.87. The average Bonchev–Trinajstić information content (AvgIpc) is 2.98. The van der Waals surface area contributed by atoms with E-state index in [1.165, 1.54) is 0 Å². The highest BCUT2D eigenvalue weighted by Crippen LogP contribution is 2.49. The number of amides is 2. The summed E-state index contributed by atoms with van der Waals surface area (Å²) >= 11 is 0. The third-order valence-electron chi connectivity index (χ3n) is 6.10. The molecule has 0 aromatic heterocycles. The Morgan fingerprint density at radius 2 is 2.04 bits per heavy atom. The SMILES string of the molecule is O=C1CCCCCN1CC(=O)N1C[C@@H]2c3ccccc3OC[C@]2(C(=O)O)C1. The number of benzene rings is 1. The molecule has 0 bridgehead atoms. The Balaban J connectivity index is 1.55. The Kier molecular flexibility index (Phi) is 4.53. The van der Waals surface area contributed by atoms with Gasteiger partial charge in [-0.2, -0.15) is 0 Å². The van der Waals surface area contributed by atoms with Crippen molar-refractivity contribution in [1.29, 1.82) is 0 Å². The third-order valence-corrected chi connectivity index (χ3v) is 6.10. The molecule has 3 aliphatic heterocycles. The van der Waals surface area contributed by atoms with Crippen molar-refractivity contribution in [2.24, 2.45) is 5.41 Å². The number of rotatable bonds is 3. The molecule has 0 aliphatic carbocycles. The summed E-state index contributed by atoms with van der Waals surface area (Å²) in [5.41, 5.74) is -0.292. The lowest BCUT2D eigenvalue weighted by atomic mass is 9.73. The normalized spacial score (nSPS) is 27.4. The van der Waals surface area contributed by atoms with Gasteiger partial charge in [-0.15, -0.1) is 0 Å². The molecule has 2 atom stereocenters. The van der Waals surface area contributed by atoms with E-state index in [9.17, 15) is 19.5 Å². The number of ether oxygens (including phenoxy) is 1. The van der Waals surface area contributed by atoms with Crippen LogP contribution < -0.4 is 4.74 Å². The molecule has 1 N–H and O–H groups in total. The number of likely N-dealkylation sites (tertiary alicyclic amines) is 2. The first-order valence-electron chi connectivity index (χ1n) is 9.52. The molecule has 2 saturated heterocycles. The van der Waals surface area contributed by atoms with Crippen LogP contribution in [0.4, 0.5) is 0 Å². The van der Waals surface area contributed by atoms with Crippen LogP contribution in [0.15, 0.2) is 24.3 Å². The van der Waals surface area contributed by atoms with Gasteiger partial charge < -0.3 is 19.6 Å². The second kappa shape index (κ2) is 6.87. The maximum atomic E-state index is 12.9. The number of carbonyl (C=O) groups excluding carboxylic acids is 2. The van der Waals surface area contributed by atoms with Crippen LogP contribution in [0.1, 0.15) is 37.2 Å². The van der Waals surface area contributed by atoms with Gasteiger partial charge in [-0.1, -0.05) is 24.6 Å². The zero-order chi connectivity index (χ0) is 19.0. The molecule has 0 saturated carbocycles. The van der Waals surface area contributed by atoms with Gasteiger partial charge in [0.1, 0.15) is 17.8 Å². The van der Waals surface area contributed by atoms with E-state index in [2.05, 4.69) is 0 Å². The van der Waals surface area contributed by atoms with E-state index in [1.54, 1.807) is 9.80 Å². The monoisotopic (exact) mass is 372 g/mol. The minimum absolute atomic E-state index is 0.0130. The van der Waals surface area contributed by atoms with Gasteiger partial charge in [0.05, 0.1) is 6.54 Å². The highest BCUT2D eigenvalue weighted by Gasteiger charge is 2.57. The first-order chi connectivity index (χ1) is 13.0. The number of fused-ring (bicyclic) bond motifs is 3. The van der Waals surface area contributed by atoms with E-state index in [0.29, 0.717) is 25.3 Å². The van der Waals surface area contributed by atoms with Gasteiger partial charge >= 0.3 is 5.97 Å². The molecule has 3 heterocycles. The zero-order valence-corrected chi connectivity index (χ0v) is 15.2. The smallest absolute Gasteiger partial charge is 0.315 e. The first kappa shape index (κ1) is 17.8. The molecule has 3 aliphatic rings. The van der Waals surface area contributed by atoms with E-state index >= 15 is 0 Å². The van der Waals surface area contributed by atoms with E-state index in [0.717, 1.165) is 24.8 Å². The van der Waals surface area contributed by atoms with Gasteiger partial charge in [-0.05, 0) is 18.9 Å². The second-order valence-electron chi connectivity index (χ2n) is 7.74. The Bertz CT molecular complexity index is 779. The molecule has 7 nitrogen and oxygen atoms in total. The Labute approximate surface area is 157 Å². The summed E-state index contributed by atoms with van der Waals surface area (Å²) < 4.78 is 5.73. The number of nitrogens with zero attached hydrogens (tertiary/aromatic N) is 2. The number of carbonyl (C=O) groups is 3. The lowest BCUT2D eigenvalue weighted by Gasteiger charge is -2.35. The quantitative estimate of drug-likeness (QED) is 0.868. The molecule has 1 aromatic rings. The zero-order valence-electron chi connectivity index (χ0n) is 15.2. The van der Waals surface area contributed by atoms with Gasteiger partial charge in [-0.25, -0.2) is 0 Å². The fourth-order valence-corrected chi connectivity index (χ4v) is 4.50. The van der Waals surface area contributed by atoms with Crippen LogP contribution in [0.3, 0.4) is 0 Å². The van der Waals surface area contributed by atoms with Crippen molar-refractivity contribution < 1.29 is 24.2 Å². The molecule has 144 valence electrons. The summed E-state index contributed by atoms with van der Waals surface area (Å²) in [4.78, 5) is 40.4. The van der Waals surface area contributed by atoms with Crippen LogP contribution in [-0.4, -0.2) is 65.5 Å². The van der Waals surface area contributed by atoms with Crippen LogP contribution in [-0.2, 0) is 14.4 Å². The summed E-state index contributed by atoms with van der Waals surface area (Å²) in [7, 11) is 0. The molecule has 4 rings (SSSR count). The van der Waals surface area contributed by atoms with Crippen LogP contribution in [0.2, 0.25) is 0 Å². The summed E-state index contributed by atoms with van der Waals surface area (Å²) in [5.74, 6) is -0.722. The predicted octanol–water partition coefficient (Wildman–Crippen LogP) is 1.48. The van der Waals surface area contributed by atoms with Crippen molar-refractivity contribution in [1.82, 2.24) is 9.80 Å². The molecule has 0 radical (unpaired) electrons. The lowest BCUT2D eigenvalue weighted by molar-refractivity contribution is -0.152. The van der Waals surface area contributed by atoms with Crippen LogP contribution in [0.25, 0.3) is 0 Å². The Morgan fingerprint density at radius 3 is 2.85 bits per heavy atom. The summed E-state index contributed by atoms with van der Waals surface area (Å²) in [6.07, 6.45) is 3.25. The van der Waals surface area contributed by atoms with Gasteiger partial charge in [0.25, 0.3) is 0 Å². The van der Waals surface area contributed by atoms with Crippen LogP contribution in [0, 0.1) is 5.41 Å². The van der Waals surface area contributed by atoms with Crippen molar-refractivity contribution in [3.63, 3.8) is 0 Å². The predicted molar refractivity (Wildman–Crippen MR) is 96.4 cm³/mol. The molecule has 27 heavy (non-hydrogen) atoms. The molecular weight excluding hydrogens is 348 g/mol. The number of carboxylic acid groups (broad SMARTS) is 1. The fraction of sp³-hybridized carbons (Fsp3) is 0.550. The third kappa shape index (κ3) is 3.05. The average molecular weight is 372 g/mol. The highest BCUT2D eigenvalue weighted by atomic mass is 16.5. The Hall–Kier alpha value is -2.57. The van der Waals surface area contributed by atoms with Crippen molar-refractivity contribution in [2.45, 2.75) is 31.6 Å². The number of aliphatic carboxylic acids is 1. The van der Waals surface area contributed by atoms with Crippen molar-refractivity contribution >= 4 is 17.8 Å². The van der Waals surface area contributed by atoms with Crippen LogP contribution >= 0.6 is 0 Å². The fourth-order valence-electron chi connectivity index (χ4n) is 4.50. The van der Waals surface area contributed by atoms with E-state index in [-0.39, 0.29) is 37.4 Å². The number of carboxylic acids is 1. The van der Waals surface area contributed by atoms with Gasteiger partial charge in [0.2, 0.25) is 11.8 Å². The molecule has 7 heteroatoms. The van der Waals surface area contributed by atoms with E-state index < -0.39 is 11.4 Å².